The largest absolute Gasteiger partial charge is 0.361 e. The lowest BCUT2D eigenvalue weighted by atomic mass is 10.1. The van der Waals surface area contributed by atoms with E-state index in [1.165, 1.54) is 16.7 Å². The van der Waals surface area contributed by atoms with Crippen LogP contribution in [0.3, 0.4) is 0 Å². The molecule has 0 amide bonds. The van der Waals surface area contributed by atoms with Crippen LogP contribution in [0.5, 0.6) is 0 Å². The van der Waals surface area contributed by atoms with Gasteiger partial charge in [-0.2, -0.15) is 0 Å². The Morgan fingerprint density at radius 3 is 2.30 bits per heavy atom. The SMILES string of the molecule is CS/C(=N\c1cc(C)cc(C)c1)NCc1ccccc1. The molecule has 3 heteroatoms. The standard InChI is InChI=1S/C17H20N2S/c1-13-9-14(2)11-16(10-13)19-17(20-3)18-12-15-7-5-4-6-8-15/h4-11H,12H2,1-3H3,(H,18,19). The Balaban J connectivity index is 2.09. The number of nitrogens with one attached hydrogen (secondary N) is 1. The number of nitrogens with zero attached hydrogens (tertiary/aromatic N) is 1. The van der Waals surface area contributed by atoms with Crippen molar-refractivity contribution in [1.82, 2.24) is 5.32 Å². The van der Waals surface area contributed by atoms with Crippen LogP contribution in [-0.2, 0) is 6.54 Å². The molecule has 0 saturated heterocycles. The van der Waals surface area contributed by atoms with E-state index < -0.39 is 0 Å². The van der Waals surface area contributed by atoms with Crippen LogP contribution in [0.2, 0.25) is 0 Å². The zero-order valence-electron chi connectivity index (χ0n) is 12.2. The van der Waals surface area contributed by atoms with Crippen LogP contribution in [0.25, 0.3) is 0 Å². The first kappa shape index (κ1) is 14.7. The van der Waals surface area contributed by atoms with Crippen LogP contribution < -0.4 is 5.32 Å². The summed E-state index contributed by atoms with van der Waals surface area (Å²) in [6, 6.07) is 16.7. The third-order valence-electron chi connectivity index (χ3n) is 2.92. The summed E-state index contributed by atoms with van der Waals surface area (Å²) in [5, 5.41) is 4.33. The molecule has 2 rings (SSSR count). The molecule has 0 atom stereocenters. The minimum Gasteiger partial charge on any atom is -0.361 e. The summed E-state index contributed by atoms with van der Waals surface area (Å²) in [7, 11) is 0. The van der Waals surface area contributed by atoms with Gasteiger partial charge in [0.2, 0.25) is 0 Å². The number of rotatable bonds is 3. The highest BCUT2D eigenvalue weighted by Crippen LogP contribution is 2.18. The maximum Gasteiger partial charge on any atom is 0.161 e. The summed E-state index contributed by atoms with van der Waals surface area (Å²) < 4.78 is 0. The highest BCUT2D eigenvalue weighted by molar-refractivity contribution is 8.13. The maximum absolute atomic E-state index is 4.68. The molecule has 2 aromatic carbocycles. The fourth-order valence-electron chi connectivity index (χ4n) is 2.06. The second-order valence-electron chi connectivity index (χ2n) is 4.81. The minimum absolute atomic E-state index is 0.797. The Bertz CT molecular complexity index is 571. The molecule has 0 fully saturated rings. The summed E-state index contributed by atoms with van der Waals surface area (Å²) in [6.07, 6.45) is 2.04. The number of amidine groups is 1. The Kier molecular flexibility index (Phi) is 5.24. The van der Waals surface area contributed by atoms with Crippen LogP contribution in [0.1, 0.15) is 16.7 Å². The number of hydrogen-bond donors (Lipinski definition) is 1. The molecular formula is C17H20N2S. The zero-order valence-corrected chi connectivity index (χ0v) is 13.0. The molecule has 0 radical (unpaired) electrons. The van der Waals surface area contributed by atoms with E-state index in [4.69, 9.17) is 0 Å². The number of hydrogen-bond acceptors (Lipinski definition) is 2. The predicted octanol–water partition coefficient (Wildman–Crippen LogP) is 4.44. The highest BCUT2D eigenvalue weighted by Gasteiger charge is 2.00. The van der Waals surface area contributed by atoms with Crippen molar-refractivity contribution in [2.75, 3.05) is 6.26 Å². The van der Waals surface area contributed by atoms with Gasteiger partial charge in [-0.25, -0.2) is 4.99 Å². The Hall–Kier alpha value is -1.74. The molecule has 2 nitrogen and oxygen atoms in total. The molecule has 0 aliphatic carbocycles. The van der Waals surface area contributed by atoms with E-state index in [0.29, 0.717) is 0 Å². The van der Waals surface area contributed by atoms with E-state index in [2.05, 4.69) is 66.6 Å². The molecule has 104 valence electrons. The molecular weight excluding hydrogens is 264 g/mol. The van der Waals surface area contributed by atoms with Crippen LogP contribution in [-0.4, -0.2) is 11.4 Å². The Morgan fingerprint density at radius 1 is 1.05 bits per heavy atom. The summed E-state index contributed by atoms with van der Waals surface area (Å²) >= 11 is 1.63. The molecule has 2 aromatic rings. The fourth-order valence-corrected chi connectivity index (χ4v) is 2.48. The van der Waals surface area contributed by atoms with Crippen molar-refractivity contribution in [2.45, 2.75) is 20.4 Å². The van der Waals surface area contributed by atoms with Crippen molar-refractivity contribution in [3.63, 3.8) is 0 Å². The van der Waals surface area contributed by atoms with Crippen LogP contribution >= 0.6 is 11.8 Å². The second kappa shape index (κ2) is 7.15. The molecule has 0 aliphatic heterocycles. The molecule has 1 N–H and O–H groups in total. The van der Waals surface area contributed by atoms with Crippen molar-refractivity contribution in [2.24, 2.45) is 4.99 Å². The van der Waals surface area contributed by atoms with Gasteiger partial charge in [0, 0.05) is 6.54 Å². The highest BCUT2D eigenvalue weighted by atomic mass is 32.2. The average molecular weight is 284 g/mol. The summed E-state index contributed by atoms with van der Waals surface area (Å²) in [6.45, 7) is 5.00. The molecule has 20 heavy (non-hydrogen) atoms. The van der Waals surface area contributed by atoms with Gasteiger partial charge in [-0.3, -0.25) is 0 Å². The molecule has 0 saturated carbocycles. The first-order chi connectivity index (χ1) is 9.67. The smallest absolute Gasteiger partial charge is 0.161 e. The van der Waals surface area contributed by atoms with E-state index in [1.54, 1.807) is 11.8 Å². The van der Waals surface area contributed by atoms with Gasteiger partial charge in [-0.1, -0.05) is 48.2 Å². The van der Waals surface area contributed by atoms with Gasteiger partial charge < -0.3 is 5.32 Å². The topological polar surface area (TPSA) is 24.4 Å². The van der Waals surface area contributed by atoms with Gasteiger partial charge in [0.25, 0.3) is 0 Å². The number of thioether (sulfide) groups is 1. The lowest BCUT2D eigenvalue weighted by Gasteiger charge is -2.08. The third kappa shape index (κ3) is 4.42. The van der Waals surface area contributed by atoms with Gasteiger partial charge in [-0.05, 0) is 48.9 Å². The lowest BCUT2D eigenvalue weighted by molar-refractivity contribution is 0.928. The minimum atomic E-state index is 0.797. The number of benzene rings is 2. The monoisotopic (exact) mass is 284 g/mol. The van der Waals surface area contributed by atoms with Crippen molar-refractivity contribution >= 4 is 22.6 Å². The van der Waals surface area contributed by atoms with Gasteiger partial charge in [0.05, 0.1) is 5.69 Å². The van der Waals surface area contributed by atoms with E-state index in [0.717, 1.165) is 17.4 Å². The van der Waals surface area contributed by atoms with Crippen molar-refractivity contribution in [1.29, 1.82) is 0 Å². The average Bonchev–Trinajstić information content (AvgIpc) is 2.43. The fraction of sp³-hybridized carbons (Fsp3) is 0.235. The zero-order chi connectivity index (χ0) is 14.4. The Morgan fingerprint density at radius 2 is 1.70 bits per heavy atom. The van der Waals surface area contributed by atoms with E-state index in [9.17, 15) is 0 Å². The molecule has 0 unspecified atom stereocenters. The van der Waals surface area contributed by atoms with Gasteiger partial charge in [0.1, 0.15) is 0 Å². The normalized spacial score (nSPS) is 11.4. The van der Waals surface area contributed by atoms with Crippen LogP contribution in [0.15, 0.2) is 53.5 Å². The van der Waals surface area contributed by atoms with Gasteiger partial charge in [-0.15, -0.1) is 0 Å². The first-order valence-corrected chi connectivity index (χ1v) is 7.88. The van der Waals surface area contributed by atoms with Crippen molar-refractivity contribution in [3.05, 3.63) is 65.2 Å². The number of aliphatic imine (C=N–C) groups is 1. The Labute approximate surface area is 125 Å². The predicted molar refractivity (Wildman–Crippen MR) is 89.8 cm³/mol. The summed E-state index contributed by atoms with van der Waals surface area (Å²) in [4.78, 5) is 4.68. The molecule has 0 bridgehead atoms. The summed E-state index contributed by atoms with van der Waals surface area (Å²) in [5.41, 5.74) is 4.75. The second-order valence-corrected chi connectivity index (χ2v) is 5.60. The molecule has 0 heterocycles. The van der Waals surface area contributed by atoms with Gasteiger partial charge in [0.15, 0.2) is 5.17 Å². The van der Waals surface area contributed by atoms with Crippen LogP contribution in [0, 0.1) is 13.8 Å². The molecule has 0 aliphatic rings. The van der Waals surface area contributed by atoms with E-state index in [1.807, 2.05) is 12.3 Å². The molecule has 0 spiro atoms. The van der Waals surface area contributed by atoms with Crippen molar-refractivity contribution < 1.29 is 0 Å². The number of aryl methyl sites for hydroxylation is 2. The van der Waals surface area contributed by atoms with Gasteiger partial charge >= 0.3 is 0 Å². The first-order valence-electron chi connectivity index (χ1n) is 6.66. The van der Waals surface area contributed by atoms with Crippen molar-refractivity contribution in [3.8, 4) is 0 Å². The molecule has 0 aromatic heterocycles. The summed E-state index contributed by atoms with van der Waals surface area (Å²) in [5.74, 6) is 0. The quantitative estimate of drug-likeness (QED) is 0.665. The lowest BCUT2D eigenvalue weighted by Crippen LogP contribution is -2.19. The third-order valence-corrected chi connectivity index (χ3v) is 3.54. The van der Waals surface area contributed by atoms with E-state index >= 15 is 0 Å². The maximum atomic E-state index is 4.68. The van der Waals surface area contributed by atoms with E-state index in [-0.39, 0.29) is 0 Å². The van der Waals surface area contributed by atoms with Crippen LogP contribution in [0.4, 0.5) is 5.69 Å².